The van der Waals surface area contributed by atoms with Crippen molar-refractivity contribution in [2.45, 2.75) is 13.0 Å². The average Bonchev–Trinajstić information content (AvgIpc) is 2.44. The largest absolute Gasteiger partial charge is 0.358 e. The average molecular weight is 260 g/mol. The van der Waals surface area contributed by atoms with Gasteiger partial charge in [0, 0.05) is 12.7 Å². The minimum absolute atomic E-state index is 0.0818. The smallest absolute Gasteiger partial charge is 0.241 e. The molecule has 0 spiro atoms. The molecule has 0 aliphatic rings. The van der Waals surface area contributed by atoms with Gasteiger partial charge in [-0.05, 0) is 31.2 Å². The summed E-state index contributed by atoms with van der Waals surface area (Å²) >= 11 is 0. The number of nitrogens with one attached hydrogen (secondary N) is 3. The third-order valence-corrected chi connectivity index (χ3v) is 2.52. The number of hydrogen-bond donors (Lipinski definition) is 3. The van der Waals surface area contributed by atoms with Gasteiger partial charge in [-0.1, -0.05) is 0 Å². The lowest BCUT2D eigenvalue weighted by Gasteiger charge is -2.13. The van der Waals surface area contributed by atoms with Crippen LogP contribution in [-0.4, -0.2) is 31.4 Å². The normalized spacial score (nSPS) is 11.2. The van der Waals surface area contributed by atoms with Crippen molar-refractivity contribution >= 4 is 17.5 Å². The highest BCUT2D eigenvalue weighted by atomic mass is 16.2. The van der Waals surface area contributed by atoms with E-state index in [1.807, 2.05) is 6.07 Å². The fraction of sp³-hybridized carbons (Fsp3) is 0.308. The molecule has 0 fully saturated rings. The van der Waals surface area contributed by atoms with Crippen molar-refractivity contribution in [2.24, 2.45) is 0 Å². The highest BCUT2D eigenvalue weighted by Gasteiger charge is 2.13. The number of nitrogens with zero attached hydrogens (tertiary/aromatic N) is 1. The first-order chi connectivity index (χ1) is 9.06. The molecule has 6 nitrogen and oxygen atoms in total. The Morgan fingerprint density at radius 3 is 2.47 bits per heavy atom. The molecular weight excluding hydrogens is 244 g/mol. The van der Waals surface area contributed by atoms with Crippen LogP contribution in [-0.2, 0) is 9.59 Å². The lowest BCUT2D eigenvalue weighted by Crippen LogP contribution is -2.42. The Balaban J connectivity index is 2.49. The molecule has 0 radical (unpaired) electrons. The molecule has 100 valence electrons. The summed E-state index contributed by atoms with van der Waals surface area (Å²) in [6.45, 7) is 1.75. The molecule has 1 aromatic carbocycles. The van der Waals surface area contributed by atoms with Crippen LogP contribution in [0.25, 0.3) is 0 Å². The molecule has 1 rings (SSSR count). The molecule has 0 aliphatic carbocycles. The molecule has 3 N–H and O–H groups in total. The summed E-state index contributed by atoms with van der Waals surface area (Å²) in [7, 11) is 1.53. The number of amides is 2. The predicted molar refractivity (Wildman–Crippen MR) is 71.3 cm³/mol. The molecule has 1 atom stereocenters. The van der Waals surface area contributed by atoms with E-state index in [1.165, 1.54) is 7.05 Å². The molecule has 19 heavy (non-hydrogen) atoms. The number of nitriles is 1. The number of rotatable bonds is 5. The predicted octanol–water partition coefficient (Wildman–Crippen LogP) is 0.221. The second kappa shape index (κ2) is 7.13. The van der Waals surface area contributed by atoms with Crippen molar-refractivity contribution in [3.63, 3.8) is 0 Å². The van der Waals surface area contributed by atoms with E-state index in [9.17, 15) is 9.59 Å². The second-order valence-electron chi connectivity index (χ2n) is 3.95. The van der Waals surface area contributed by atoms with E-state index in [0.717, 1.165) is 0 Å². The van der Waals surface area contributed by atoms with Crippen LogP contribution < -0.4 is 16.0 Å². The number of likely N-dealkylation sites (N-methyl/N-ethyl adjacent to an activating group) is 1. The van der Waals surface area contributed by atoms with Crippen LogP contribution in [0.15, 0.2) is 24.3 Å². The molecule has 2 amide bonds. The Labute approximate surface area is 111 Å². The quantitative estimate of drug-likeness (QED) is 0.706. The van der Waals surface area contributed by atoms with Crippen LogP contribution in [0.3, 0.4) is 0 Å². The van der Waals surface area contributed by atoms with Crippen LogP contribution in [0, 0.1) is 11.3 Å². The third-order valence-electron chi connectivity index (χ3n) is 2.52. The molecule has 0 aromatic heterocycles. The van der Waals surface area contributed by atoms with E-state index < -0.39 is 6.04 Å². The topological polar surface area (TPSA) is 94.0 Å². The maximum absolute atomic E-state index is 11.8. The van der Waals surface area contributed by atoms with Crippen molar-refractivity contribution in [1.82, 2.24) is 10.6 Å². The minimum atomic E-state index is -0.493. The molecule has 1 aromatic rings. The number of hydrogen-bond acceptors (Lipinski definition) is 4. The van der Waals surface area contributed by atoms with Gasteiger partial charge in [-0.25, -0.2) is 0 Å². The molecule has 0 aliphatic heterocycles. The van der Waals surface area contributed by atoms with Gasteiger partial charge in [0.1, 0.15) is 0 Å². The summed E-state index contributed by atoms with van der Waals surface area (Å²) in [5, 5.41) is 16.6. The molecule has 0 saturated heterocycles. The van der Waals surface area contributed by atoms with Crippen molar-refractivity contribution in [1.29, 1.82) is 5.26 Å². The molecule has 0 bridgehead atoms. The van der Waals surface area contributed by atoms with Gasteiger partial charge in [0.05, 0.1) is 24.2 Å². The SMILES string of the molecule is CNC(=O)CN[C@@H](C)C(=O)Nc1ccc(C#N)cc1. The Morgan fingerprint density at radius 2 is 1.95 bits per heavy atom. The van der Waals surface area contributed by atoms with Gasteiger partial charge in [-0.15, -0.1) is 0 Å². The monoisotopic (exact) mass is 260 g/mol. The first-order valence-corrected chi connectivity index (χ1v) is 5.82. The number of carbonyl (C=O) groups excluding carboxylic acids is 2. The highest BCUT2D eigenvalue weighted by Crippen LogP contribution is 2.08. The lowest BCUT2D eigenvalue weighted by molar-refractivity contribution is -0.120. The summed E-state index contributed by atoms with van der Waals surface area (Å²) in [4.78, 5) is 22.8. The van der Waals surface area contributed by atoms with Crippen LogP contribution in [0.2, 0.25) is 0 Å². The van der Waals surface area contributed by atoms with Crippen LogP contribution >= 0.6 is 0 Å². The van der Waals surface area contributed by atoms with E-state index in [0.29, 0.717) is 11.3 Å². The maximum atomic E-state index is 11.8. The van der Waals surface area contributed by atoms with E-state index in [-0.39, 0.29) is 18.4 Å². The van der Waals surface area contributed by atoms with Crippen LogP contribution in [0.5, 0.6) is 0 Å². The lowest BCUT2D eigenvalue weighted by atomic mass is 10.2. The van der Waals surface area contributed by atoms with Crippen molar-refractivity contribution in [2.75, 3.05) is 18.9 Å². The molecule has 0 saturated carbocycles. The van der Waals surface area contributed by atoms with Crippen molar-refractivity contribution < 1.29 is 9.59 Å². The van der Waals surface area contributed by atoms with Crippen molar-refractivity contribution in [3.8, 4) is 6.07 Å². The van der Waals surface area contributed by atoms with Gasteiger partial charge >= 0.3 is 0 Å². The Bertz CT molecular complexity index is 490. The van der Waals surface area contributed by atoms with Gasteiger partial charge in [-0.2, -0.15) is 5.26 Å². The summed E-state index contributed by atoms with van der Waals surface area (Å²) in [6, 6.07) is 8.06. The van der Waals surface area contributed by atoms with E-state index in [2.05, 4.69) is 16.0 Å². The first kappa shape index (κ1) is 14.7. The third kappa shape index (κ3) is 4.77. The van der Waals surface area contributed by atoms with Crippen LogP contribution in [0.1, 0.15) is 12.5 Å². The maximum Gasteiger partial charge on any atom is 0.241 e. The van der Waals surface area contributed by atoms with E-state index in [4.69, 9.17) is 5.26 Å². The number of anilines is 1. The highest BCUT2D eigenvalue weighted by molar-refractivity contribution is 5.94. The molecule has 0 heterocycles. The van der Waals surface area contributed by atoms with E-state index in [1.54, 1.807) is 31.2 Å². The summed E-state index contributed by atoms with van der Waals surface area (Å²) in [5.74, 6) is -0.424. The number of benzene rings is 1. The Morgan fingerprint density at radius 1 is 1.32 bits per heavy atom. The van der Waals surface area contributed by atoms with Gasteiger partial charge in [0.2, 0.25) is 11.8 Å². The first-order valence-electron chi connectivity index (χ1n) is 5.82. The van der Waals surface area contributed by atoms with Gasteiger partial charge in [0.25, 0.3) is 0 Å². The van der Waals surface area contributed by atoms with Crippen molar-refractivity contribution in [3.05, 3.63) is 29.8 Å². The summed E-state index contributed by atoms with van der Waals surface area (Å²) in [5.41, 5.74) is 1.14. The van der Waals surface area contributed by atoms with E-state index >= 15 is 0 Å². The molecule has 0 unspecified atom stereocenters. The van der Waals surface area contributed by atoms with Gasteiger partial charge in [-0.3, -0.25) is 14.9 Å². The Hall–Kier alpha value is -2.39. The standard InChI is InChI=1S/C13H16N4O2/c1-9(16-8-12(18)15-2)13(19)17-11-5-3-10(7-14)4-6-11/h3-6,9,16H,8H2,1-2H3,(H,15,18)(H,17,19)/t9-/m0/s1. The fourth-order valence-electron chi connectivity index (χ4n) is 1.31. The zero-order valence-corrected chi connectivity index (χ0v) is 10.9. The Kier molecular flexibility index (Phi) is 5.51. The zero-order valence-electron chi connectivity index (χ0n) is 10.9. The summed E-state index contributed by atoms with van der Waals surface area (Å²) < 4.78 is 0. The van der Waals surface area contributed by atoms with Crippen LogP contribution in [0.4, 0.5) is 5.69 Å². The molecular formula is C13H16N4O2. The van der Waals surface area contributed by atoms with Gasteiger partial charge in [0.15, 0.2) is 0 Å². The minimum Gasteiger partial charge on any atom is -0.358 e. The fourth-order valence-corrected chi connectivity index (χ4v) is 1.31. The number of carbonyl (C=O) groups is 2. The second-order valence-corrected chi connectivity index (χ2v) is 3.95. The molecule has 6 heteroatoms. The van der Waals surface area contributed by atoms with Gasteiger partial charge < -0.3 is 10.6 Å². The summed E-state index contributed by atoms with van der Waals surface area (Å²) in [6.07, 6.45) is 0. The zero-order chi connectivity index (χ0) is 14.3.